The van der Waals surface area contributed by atoms with Crippen LogP contribution >= 0.6 is 0 Å². The largest absolute Gasteiger partial charge is 0.481 e. The molecule has 0 saturated carbocycles. The number of hydrogen-bond donors (Lipinski definition) is 0. The minimum Gasteiger partial charge on any atom is -0.481 e. The molecule has 0 amide bonds. The van der Waals surface area contributed by atoms with Crippen molar-refractivity contribution in [1.29, 1.82) is 0 Å². The lowest BCUT2D eigenvalue weighted by atomic mass is 10.1. The molecule has 6 heteroatoms. The van der Waals surface area contributed by atoms with E-state index in [-0.39, 0.29) is 0 Å². The van der Waals surface area contributed by atoms with Crippen LogP contribution in [0.1, 0.15) is 22.5 Å². The third-order valence-corrected chi connectivity index (χ3v) is 4.91. The van der Waals surface area contributed by atoms with Gasteiger partial charge in [-0.2, -0.15) is 5.10 Å². The first-order valence-electron chi connectivity index (χ1n) is 8.84. The minimum atomic E-state index is 0.808. The molecule has 26 heavy (non-hydrogen) atoms. The van der Waals surface area contributed by atoms with Crippen molar-refractivity contribution in [3.63, 3.8) is 0 Å². The van der Waals surface area contributed by atoms with Gasteiger partial charge in [-0.05, 0) is 6.92 Å². The number of hydrogen-bond acceptors (Lipinski definition) is 5. The third kappa shape index (κ3) is 3.08. The standard InChI is InChI=1S/C20H23N5O/c1-14-17(20(26-3)24(2)23-14)13-25-10-9-18-16(12-25)11-21-19(22-18)15-7-5-4-6-8-15/h4-8,11H,9-10,12-13H2,1-3H3. The number of fused-ring (bicyclic) bond motifs is 1. The molecule has 2 aromatic heterocycles. The Labute approximate surface area is 153 Å². The van der Waals surface area contributed by atoms with Gasteiger partial charge >= 0.3 is 0 Å². The topological polar surface area (TPSA) is 56.1 Å². The van der Waals surface area contributed by atoms with E-state index in [1.807, 2.05) is 50.5 Å². The normalized spacial score (nSPS) is 14.3. The average molecular weight is 349 g/mol. The number of benzene rings is 1. The summed E-state index contributed by atoms with van der Waals surface area (Å²) < 4.78 is 7.33. The Hall–Kier alpha value is -2.73. The highest BCUT2D eigenvalue weighted by molar-refractivity contribution is 5.54. The fraction of sp³-hybridized carbons (Fsp3) is 0.350. The lowest BCUT2D eigenvalue weighted by Gasteiger charge is -2.28. The van der Waals surface area contributed by atoms with E-state index in [1.54, 1.807) is 11.8 Å². The maximum Gasteiger partial charge on any atom is 0.216 e. The van der Waals surface area contributed by atoms with E-state index in [0.717, 1.165) is 60.3 Å². The molecule has 0 spiro atoms. The Balaban J connectivity index is 1.54. The molecule has 0 saturated heterocycles. The summed E-state index contributed by atoms with van der Waals surface area (Å²) in [5.74, 6) is 1.64. The smallest absolute Gasteiger partial charge is 0.216 e. The van der Waals surface area contributed by atoms with Crippen LogP contribution in [0, 0.1) is 6.92 Å². The van der Waals surface area contributed by atoms with Gasteiger partial charge < -0.3 is 4.74 Å². The predicted octanol–water partition coefficient (Wildman–Crippen LogP) is 2.75. The van der Waals surface area contributed by atoms with E-state index in [2.05, 4.69) is 15.0 Å². The lowest BCUT2D eigenvalue weighted by molar-refractivity contribution is 0.238. The summed E-state index contributed by atoms with van der Waals surface area (Å²) in [5.41, 5.74) is 5.60. The molecule has 0 unspecified atom stereocenters. The van der Waals surface area contributed by atoms with Gasteiger partial charge in [-0.25, -0.2) is 14.6 Å². The Bertz CT molecular complexity index is 919. The summed E-state index contributed by atoms with van der Waals surface area (Å²) in [4.78, 5) is 11.8. The fourth-order valence-corrected chi connectivity index (χ4v) is 3.58. The van der Waals surface area contributed by atoms with Crippen LogP contribution < -0.4 is 4.74 Å². The van der Waals surface area contributed by atoms with E-state index >= 15 is 0 Å². The van der Waals surface area contributed by atoms with Crippen LogP contribution in [0.15, 0.2) is 36.5 Å². The summed E-state index contributed by atoms with van der Waals surface area (Å²) in [6.45, 7) is 4.67. The summed E-state index contributed by atoms with van der Waals surface area (Å²) in [6.07, 6.45) is 2.91. The lowest BCUT2D eigenvalue weighted by Crippen LogP contribution is -2.31. The van der Waals surface area contributed by atoms with E-state index in [1.165, 1.54) is 5.56 Å². The van der Waals surface area contributed by atoms with Gasteiger partial charge in [0.05, 0.1) is 24.1 Å². The molecule has 3 heterocycles. The summed E-state index contributed by atoms with van der Waals surface area (Å²) in [6, 6.07) is 10.1. The zero-order chi connectivity index (χ0) is 18.1. The van der Waals surface area contributed by atoms with E-state index in [4.69, 9.17) is 9.72 Å². The van der Waals surface area contributed by atoms with Gasteiger partial charge in [0.2, 0.25) is 5.88 Å². The van der Waals surface area contributed by atoms with E-state index in [0.29, 0.717) is 0 Å². The summed E-state index contributed by atoms with van der Waals surface area (Å²) >= 11 is 0. The average Bonchev–Trinajstić information content (AvgIpc) is 2.94. The molecule has 1 aliphatic heterocycles. The molecular formula is C20H23N5O. The van der Waals surface area contributed by atoms with Crippen molar-refractivity contribution in [2.75, 3.05) is 13.7 Å². The maximum atomic E-state index is 5.52. The molecule has 0 aliphatic carbocycles. The molecule has 3 aromatic rings. The molecule has 0 bridgehead atoms. The van der Waals surface area contributed by atoms with Crippen LogP contribution in [0.5, 0.6) is 5.88 Å². The minimum absolute atomic E-state index is 0.808. The number of methoxy groups -OCH3 is 1. The van der Waals surface area contributed by atoms with Crippen molar-refractivity contribution >= 4 is 0 Å². The molecular weight excluding hydrogens is 326 g/mol. The summed E-state index contributed by atoms with van der Waals surface area (Å²) in [5, 5.41) is 4.48. The van der Waals surface area contributed by atoms with Crippen LogP contribution in [-0.4, -0.2) is 38.3 Å². The molecule has 0 radical (unpaired) electrons. The van der Waals surface area contributed by atoms with Crippen molar-refractivity contribution < 1.29 is 4.74 Å². The van der Waals surface area contributed by atoms with Gasteiger partial charge in [-0.15, -0.1) is 0 Å². The van der Waals surface area contributed by atoms with Crippen LogP contribution in [-0.2, 0) is 26.6 Å². The van der Waals surface area contributed by atoms with E-state index < -0.39 is 0 Å². The second-order valence-electron chi connectivity index (χ2n) is 6.69. The highest BCUT2D eigenvalue weighted by atomic mass is 16.5. The predicted molar refractivity (Wildman–Crippen MR) is 99.8 cm³/mol. The Morgan fingerprint density at radius 1 is 1.19 bits per heavy atom. The molecule has 0 fully saturated rings. The van der Waals surface area contributed by atoms with Crippen LogP contribution in [0.4, 0.5) is 0 Å². The van der Waals surface area contributed by atoms with Crippen LogP contribution in [0.3, 0.4) is 0 Å². The van der Waals surface area contributed by atoms with Crippen molar-refractivity contribution in [1.82, 2.24) is 24.6 Å². The SMILES string of the molecule is COc1c(CN2CCc3nc(-c4ccccc4)ncc3C2)c(C)nn1C. The van der Waals surface area contributed by atoms with Gasteiger partial charge in [-0.1, -0.05) is 30.3 Å². The van der Waals surface area contributed by atoms with Gasteiger partial charge in [0.25, 0.3) is 0 Å². The van der Waals surface area contributed by atoms with Crippen molar-refractivity contribution in [3.05, 3.63) is 59.0 Å². The van der Waals surface area contributed by atoms with Gasteiger partial charge in [0.1, 0.15) is 0 Å². The Kier molecular flexibility index (Phi) is 4.42. The van der Waals surface area contributed by atoms with Crippen molar-refractivity contribution in [2.45, 2.75) is 26.4 Å². The monoisotopic (exact) mass is 349 g/mol. The molecule has 1 aliphatic rings. The van der Waals surface area contributed by atoms with Gasteiger partial charge in [0.15, 0.2) is 5.82 Å². The van der Waals surface area contributed by atoms with Gasteiger partial charge in [0, 0.05) is 50.4 Å². The number of aryl methyl sites for hydroxylation is 2. The molecule has 4 rings (SSSR count). The zero-order valence-corrected chi connectivity index (χ0v) is 15.4. The van der Waals surface area contributed by atoms with Crippen LogP contribution in [0.25, 0.3) is 11.4 Å². The quantitative estimate of drug-likeness (QED) is 0.725. The first kappa shape index (κ1) is 16.7. The second kappa shape index (κ2) is 6.88. The maximum absolute atomic E-state index is 5.52. The third-order valence-electron chi connectivity index (χ3n) is 4.91. The van der Waals surface area contributed by atoms with Gasteiger partial charge in [-0.3, -0.25) is 4.90 Å². The molecule has 1 aromatic carbocycles. The van der Waals surface area contributed by atoms with E-state index in [9.17, 15) is 0 Å². The zero-order valence-electron chi connectivity index (χ0n) is 15.4. The number of rotatable bonds is 4. The number of nitrogens with zero attached hydrogens (tertiary/aromatic N) is 5. The molecule has 0 atom stereocenters. The Morgan fingerprint density at radius 2 is 2.00 bits per heavy atom. The number of ether oxygens (including phenoxy) is 1. The first-order valence-corrected chi connectivity index (χ1v) is 8.84. The van der Waals surface area contributed by atoms with Crippen molar-refractivity contribution in [3.8, 4) is 17.3 Å². The molecule has 6 nitrogen and oxygen atoms in total. The Morgan fingerprint density at radius 3 is 2.77 bits per heavy atom. The highest BCUT2D eigenvalue weighted by Gasteiger charge is 2.22. The van der Waals surface area contributed by atoms with Crippen molar-refractivity contribution in [2.24, 2.45) is 7.05 Å². The first-order chi connectivity index (χ1) is 12.7. The molecule has 134 valence electrons. The highest BCUT2D eigenvalue weighted by Crippen LogP contribution is 2.26. The van der Waals surface area contributed by atoms with Crippen LogP contribution in [0.2, 0.25) is 0 Å². The number of aromatic nitrogens is 4. The second-order valence-corrected chi connectivity index (χ2v) is 6.69. The molecule has 0 N–H and O–H groups in total. The fourth-order valence-electron chi connectivity index (χ4n) is 3.58. The summed E-state index contributed by atoms with van der Waals surface area (Å²) in [7, 11) is 3.62.